The largest absolute Gasteiger partial charge is 0.377 e. The number of allylic oxidation sites excluding steroid dienone is 3. The minimum absolute atomic E-state index is 0.291. The maximum Gasteiger partial charge on any atom is 0.0756 e. The van der Waals surface area contributed by atoms with Crippen molar-refractivity contribution < 1.29 is 4.74 Å². The summed E-state index contributed by atoms with van der Waals surface area (Å²) in [5.41, 5.74) is 2.88. The van der Waals surface area contributed by atoms with Gasteiger partial charge in [-0.3, -0.25) is 0 Å². The molecule has 62 valence electrons. The van der Waals surface area contributed by atoms with E-state index >= 15 is 0 Å². The Bertz CT molecular complexity index is 189. The number of rotatable bonds is 2. The molecule has 1 aliphatic carbocycles. The van der Waals surface area contributed by atoms with E-state index in [9.17, 15) is 0 Å². The molecule has 0 bridgehead atoms. The molecule has 11 heavy (non-hydrogen) atoms. The Morgan fingerprint density at radius 1 is 1.36 bits per heavy atom. The van der Waals surface area contributed by atoms with E-state index in [4.69, 9.17) is 4.74 Å². The molecular weight excluding hydrogens is 136 g/mol. The third-order valence-electron chi connectivity index (χ3n) is 2.27. The SMILES string of the molecule is CO[C@@H](C)C1=CC=C(C)CC1. The molecule has 0 aromatic rings. The lowest BCUT2D eigenvalue weighted by Gasteiger charge is -2.17. The zero-order valence-corrected chi connectivity index (χ0v) is 7.55. The molecule has 1 atom stereocenters. The molecule has 0 radical (unpaired) electrons. The van der Waals surface area contributed by atoms with E-state index in [1.54, 1.807) is 7.11 Å². The second-order valence-corrected chi connectivity index (χ2v) is 3.13. The molecule has 0 aromatic carbocycles. The maximum atomic E-state index is 5.23. The van der Waals surface area contributed by atoms with Crippen LogP contribution in [0.2, 0.25) is 0 Å². The Morgan fingerprint density at radius 3 is 2.55 bits per heavy atom. The summed E-state index contributed by atoms with van der Waals surface area (Å²) in [6.07, 6.45) is 7.03. The van der Waals surface area contributed by atoms with E-state index in [0.717, 1.165) is 6.42 Å². The lowest BCUT2D eigenvalue weighted by molar-refractivity contribution is 0.143. The van der Waals surface area contributed by atoms with Crippen LogP contribution in [0.1, 0.15) is 26.7 Å². The molecule has 0 fully saturated rings. The Hall–Kier alpha value is -0.560. The average Bonchev–Trinajstić information content (AvgIpc) is 2.05. The molecule has 0 heterocycles. The van der Waals surface area contributed by atoms with Crippen LogP contribution in [0.3, 0.4) is 0 Å². The van der Waals surface area contributed by atoms with E-state index < -0.39 is 0 Å². The number of ether oxygens (including phenoxy) is 1. The highest BCUT2D eigenvalue weighted by atomic mass is 16.5. The highest BCUT2D eigenvalue weighted by Crippen LogP contribution is 2.21. The fraction of sp³-hybridized carbons (Fsp3) is 0.600. The summed E-state index contributed by atoms with van der Waals surface area (Å²) in [6, 6.07) is 0. The first-order chi connectivity index (χ1) is 5.24. The van der Waals surface area contributed by atoms with Crippen LogP contribution >= 0.6 is 0 Å². The van der Waals surface area contributed by atoms with Gasteiger partial charge in [0.05, 0.1) is 6.10 Å². The Kier molecular flexibility index (Phi) is 2.89. The van der Waals surface area contributed by atoms with Crippen LogP contribution in [0.5, 0.6) is 0 Å². The van der Waals surface area contributed by atoms with Gasteiger partial charge in [-0.25, -0.2) is 0 Å². The van der Waals surface area contributed by atoms with E-state index in [1.807, 2.05) is 0 Å². The molecule has 1 aliphatic rings. The number of methoxy groups -OCH3 is 1. The van der Waals surface area contributed by atoms with Crippen molar-refractivity contribution in [1.82, 2.24) is 0 Å². The van der Waals surface area contributed by atoms with Gasteiger partial charge in [-0.1, -0.05) is 17.7 Å². The van der Waals surface area contributed by atoms with Crippen molar-refractivity contribution in [2.75, 3.05) is 7.11 Å². The molecule has 0 aromatic heterocycles. The fourth-order valence-corrected chi connectivity index (χ4v) is 1.25. The van der Waals surface area contributed by atoms with Gasteiger partial charge < -0.3 is 4.74 Å². The van der Waals surface area contributed by atoms with Gasteiger partial charge in [0.2, 0.25) is 0 Å². The zero-order chi connectivity index (χ0) is 8.27. The number of hydrogen-bond donors (Lipinski definition) is 0. The fourth-order valence-electron chi connectivity index (χ4n) is 1.25. The van der Waals surface area contributed by atoms with Crippen molar-refractivity contribution in [1.29, 1.82) is 0 Å². The van der Waals surface area contributed by atoms with E-state index in [-0.39, 0.29) is 0 Å². The van der Waals surface area contributed by atoms with Crippen LogP contribution in [0.25, 0.3) is 0 Å². The molecule has 0 unspecified atom stereocenters. The minimum atomic E-state index is 0.291. The summed E-state index contributed by atoms with van der Waals surface area (Å²) in [6.45, 7) is 4.27. The third kappa shape index (κ3) is 2.19. The summed E-state index contributed by atoms with van der Waals surface area (Å²) < 4.78 is 5.23. The van der Waals surface area contributed by atoms with E-state index in [2.05, 4.69) is 26.0 Å². The maximum absolute atomic E-state index is 5.23. The Labute approximate surface area is 68.8 Å². The Balaban J connectivity index is 2.60. The lowest BCUT2D eigenvalue weighted by Crippen LogP contribution is -2.10. The first-order valence-electron chi connectivity index (χ1n) is 4.13. The van der Waals surface area contributed by atoms with Crippen LogP contribution in [0.15, 0.2) is 23.3 Å². The van der Waals surface area contributed by atoms with Crippen LogP contribution in [-0.2, 0) is 4.74 Å². The molecule has 1 nitrogen and oxygen atoms in total. The second kappa shape index (κ2) is 3.72. The number of hydrogen-bond acceptors (Lipinski definition) is 1. The summed E-state index contributed by atoms with van der Waals surface area (Å²) in [5, 5.41) is 0. The molecule has 0 spiro atoms. The van der Waals surface area contributed by atoms with Crippen LogP contribution in [0.4, 0.5) is 0 Å². The standard InChI is InChI=1S/C10H16O/c1-8-4-6-10(7-5-8)9(2)11-3/h4,6,9H,5,7H2,1-3H3/t9-/m0/s1. The van der Waals surface area contributed by atoms with Crippen molar-refractivity contribution in [2.45, 2.75) is 32.8 Å². The first kappa shape index (κ1) is 8.54. The van der Waals surface area contributed by atoms with Gasteiger partial charge in [-0.05, 0) is 32.3 Å². The second-order valence-electron chi connectivity index (χ2n) is 3.13. The average molecular weight is 152 g/mol. The molecule has 0 saturated heterocycles. The predicted octanol–water partition coefficient (Wildman–Crippen LogP) is 2.69. The highest BCUT2D eigenvalue weighted by molar-refractivity contribution is 5.24. The van der Waals surface area contributed by atoms with Gasteiger partial charge in [-0.15, -0.1) is 0 Å². The van der Waals surface area contributed by atoms with Gasteiger partial charge in [0.25, 0.3) is 0 Å². The normalized spacial score (nSPS) is 20.6. The van der Waals surface area contributed by atoms with Crippen LogP contribution < -0.4 is 0 Å². The van der Waals surface area contributed by atoms with Crippen molar-refractivity contribution in [3.05, 3.63) is 23.3 Å². The van der Waals surface area contributed by atoms with Gasteiger partial charge in [-0.2, -0.15) is 0 Å². The predicted molar refractivity (Wildman–Crippen MR) is 47.5 cm³/mol. The minimum Gasteiger partial charge on any atom is -0.377 e. The smallest absolute Gasteiger partial charge is 0.0756 e. The zero-order valence-electron chi connectivity index (χ0n) is 7.55. The summed E-state index contributed by atoms with van der Waals surface area (Å²) in [4.78, 5) is 0. The molecule has 0 aliphatic heterocycles. The summed E-state index contributed by atoms with van der Waals surface area (Å²) in [5.74, 6) is 0. The molecular formula is C10H16O. The van der Waals surface area contributed by atoms with E-state index in [1.165, 1.54) is 17.6 Å². The summed E-state index contributed by atoms with van der Waals surface area (Å²) >= 11 is 0. The molecule has 0 N–H and O–H groups in total. The van der Waals surface area contributed by atoms with Crippen molar-refractivity contribution >= 4 is 0 Å². The van der Waals surface area contributed by atoms with Crippen molar-refractivity contribution in [2.24, 2.45) is 0 Å². The monoisotopic (exact) mass is 152 g/mol. The van der Waals surface area contributed by atoms with Gasteiger partial charge in [0, 0.05) is 7.11 Å². The van der Waals surface area contributed by atoms with Gasteiger partial charge >= 0.3 is 0 Å². The highest BCUT2D eigenvalue weighted by Gasteiger charge is 2.09. The molecule has 1 heteroatoms. The van der Waals surface area contributed by atoms with Gasteiger partial charge in [0.1, 0.15) is 0 Å². The molecule has 0 saturated carbocycles. The van der Waals surface area contributed by atoms with Gasteiger partial charge in [0.15, 0.2) is 0 Å². The van der Waals surface area contributed by atoms with Crippen molar-refractivity contribution in [3.63, 3.8) is 0 Å². The van der Waals surface area contributed by atoms with Crippen LogP contribution in [0, 0.1) is 0 Å². The van der Waals surface area contributed by atoms with Crippen molar-refractivity contribution in [3.8, 4) is 0 Å². The first-order valence-corrected chi connectivity index (χ1v) is 4.13. The molecule has 1 rings (SSSR count). The van der Waals surface area contributed by atoms with E-state index in [0.29, 0.717) is 6.10 Å². The topological polar surface area (TPSA) is 9.23 Å². The van der Waals surface area contributed by atoms with Crippen LogP contribution in [-0.4, -0.2) is 13.2 Å². The quantitative estimate of drug-likeness (QED) is 0.591. The molecule has 0 amide bonds. The summed E-state index contributed by atoms with van der Waals surface area (Å²) in [7, 11) is 1.76. The Morgan fingerprint density at radius 2 is 2.09 bits per heavy atom. The lowest BCUT2D eigenvalue weighted by atomic mass is 9.96. The third-order valence-corrected chi connectivity index (χ3v) is 2.27.